The smallest absolute Gasteiger partial charge is 0.331 e. The number of anilines is 1. The van der Waals surface area contributed by atoms with Crippen molar-refractivity contribution in [1.29, 1.82) is 0 Å². The fourth-order valence-corrected chi connectivity index (χ4v) is 4.63. The first-order valence-corrected chi connectivity index (χ1v) is 12.1. The number of hydrogen-bond donors (Lipinski definition) is 0. The van der Waals surface area contributed by atoms with Crippen molar-refractivity contribution < 1.29 is 23.9 Å². The van der Waals surface area contributed by atoms with E-state index in [1.54, 1.807) is 29.2 Å². The molecule has 2 aromatic carbocycles. The predicted octanol–water partition coefficient (Wildman–Crippen LogP) is 4.81. The first-order chi connectivity index (χ1) is 16.7. The van der Waals surface area contributed by atoms with Gasteiger partial charge >= 0.3 is 5.97 Å². The molecule has 0 aliphatic carbocycles. The summed E-state index contributed by atoms with van der Waals surface area (Å²) in [5.74, 6) is -2.14. The van der Waals surface area contributed by atoms with Crippen LogP contribution >= 0.6 is 35.0 Å². The van der Waals surface area contributed by atoms with Crippen LogP contribution in [0.2, 0.25) is 10.0 Å². The first kappa shape index (κ1) is 26.5. The molecule has 1 aliphatic heterocycles. The Balaban J connectivity index is 2.01. The number of methoxy groups -OCH3 is 1. The van der Waals surface area contributed by atoms with E-state index in [0.717, 1.165) is 17.8 Å². The zero-order valence-corrected chi connectivity index (χ0v) is 21.4. The van der Waals surface area contributed by atoms with Gasteiger partial charge in [0.2, 0.25) is 0 Å². The summed E-state index contributed by atoms with van der Waals surface area (Å²) < 4.78 is 4.62. The second kappa shape index (κ2) is 11.5. The number of rotatable bonds is 6. The Bertz CT molecular complexity index is 1240. The molecule has 3 amide bonds. The largest absolute Gasteiger partial charge is 0.466 e. The summed E-state index contributed by atoms with van der Waals surface area (Å²) in [5, 5.41) is 0.482. The van der Waals surface area contributed by atoms with Gasteiger partial charge < -0.3 is 9.64 Å². The third-order valence-electron chi connectivity index (χ3n) is 5.04. The third kappa shape index (κ3) is 5.93. The molecule has 182 valence electrons. The molecule has 0 atom stereocenters. The van der Waals surface area contributed by atoms with Gasteiger partial charge in [-0.2, -0.15) is 4.99 Å². The van der Waals surface area contributed by atoms with Crippen molar-refractivity contribution >= 4 is 69.5 Å². The van der Waals surface area contributed by atoms with Crippen LogP contribution in [0.5, 0.6) is 0 Å². The summed E-state index contributed by atoms with van der Waals surface area (Å²) in [6.45, 7) is 4.90. The number of amides is 3. The summed E-state index contributed by atoms with van der Waals surface area (Å²) >= 11 is 12.9. The molecule has 0 N–H and O–H groups in total. The van der Waals surface area contributed by atoms with Crippen LogP contribution < -0.4 is 4.90 Å². The molecule has 11 heteroatoms. The van der Waals surface area contributed by atoms with Crippen molar-refractivity contribution in [1.82, 2.24) is 4.90 Å². The highest BCUT2D eigenvalue weighted by Gasteiger charge is 2.36. The van der Waals surface area contributed by atoms with Gasteiger partial charge in [-0.25, -0.2) is 4.79 Å². The van der Waals surface area contributed by atoms with E-state index in [9.17, 15) is 19.2 Å². The average Bonchev–Trinajstić information content (AvgIpc) is 3.13. The van der Waals surface area contributed by atoms with Gasteiger partial charge in [0.1, 0.15) is 0 Å². The van der Waals surface area contributed by atoms with E-state index in [1.807, 2.05) is 13.8 Å². The van der Waals surface area contributed by atoms with Crippen LogP contribution in [-0.2, 0) is 14.3 Å². The van der Waals surface area contributed by atoms with Crippen molar-refractivity contribution in [3.8, 4) is 0 Å². The monoisotopic (exact) mass is 533 g/mol. The Morgan fingerprint density at radius 3 is 2.31 bits per heavy atom. The number of halogens is 2. The Morgan fingerprint density at radius 1 is 1.09 bits per heavy atom. The van der Waals surface area contributed by atoms with E-state index in [2.05, 4.69) is 9.73 Å². The lowest BCUT2D eigenvalue weighted by molar-refractivity contribution is -0.135. The highest BCUT2D eigenvalue weighted by molar-refractivity contribution is 8.19. The average molecular weight is 534 g/mol. The zero-order chi connectivity index (χ0) is 25.7. The number of nitrogens with zero attached hydrogens (tertiary/aromatic N) is 3. The zero-order valence-electron chi connectivity index (χ0n) is 19.1. The second-order valence-corrected chi connectivity index (χ2v) is 8.98. The molecule has 0 aromatic heterocycles. The maximum Gasteiger partial charge on any atom is 0.331 e. The number of carbonyl (C=O) groups excluding carboxylic acids is 4. The van der Waals surface area contributed by atoms with Crippen LogP contribution in [0.25, 0.3) is 0 Å². The maximum absolute atomic E-state index is 13.1. The molecule has 1 aliphatic rings. The van der Waals surface area contributed by atoms with Crippen LogP contribution in [0, 0.1) is 0 Å². The van der Waals surface area contributed by atoms with Crippen LogP contribution in [0.1, 0.15) is 34.6 Å². The van der Waals surface area contributed by atoms with E-state index >= 15 is 0 Å². The molecule has 1 fully saturated rings. The Labute approximate surface area is 216 Å². The minimum atomic E-state index is -0.728. The minimum absolute atomic E-state index is 0.0176. The van der Waals surface area contributed by atoms with Gasteiger partial charge in [0.05, 0.1) is 28.3 Å². The third-order valence-corrected chi connectivity index (χ3v) is 6.56. The lowest BCUT2D eigenvalue weighted by atomic mass is 10.1. The normalized spacial score (nSPS) is 15.6. The maximum atomic E-state index is 13.1. The van der Waals surface area contributed by atoms with E-state index in [1.165, 1.54) is 30.2 Å². The Hall–Kier alpha value is -3.14. The summed E-state index contributed by atoms with van der Waals surface area (Å²) in [6.07, 6.45) is 1.03. The van der Waals surface area contributed by atoms with Gasteiger partial charge in [-0.3, -0.25) is 19.3 Å². The molecular formula is C24H21Cl2N3O5S. The fraction of sp³-hybridized carbons (Fsp3) is 0.208. The molecule has 3 rings (SSSR count). The predicted molar refractivity (Wildman–Crippen MR) is 137 cm³/mol. The number of carbonyl (C=O) groups is 4. The second-order valence-electron chi connectivity index (χ2n) is 7.12. The number of thioether (sulfide) groups is 1. The van der Waals surface area contributed by atoms with Crippen LogP contribution in [-0.4, -0.2) is 54.0 Å². The standard InChI is InChI=1S/C24H21Cl2N3O5S/c1-4-28(5-2)22(32)14-6-9-16(10-7-14)29-23(33)19(13-20(30)34-3)35-24(29)27-21(31)17-11-8-15(25)12-18(17)26/h6-13H,4-5H2,1-3H3. The van der Waals surface area contributed by atoms with Gasteiger partial charge in [-0.05, 0) is 68.1 Å². The van der Waals surface area contributed by atoms with E-state index in [0.29, 0.717) is 29.4 Å². The number of benzene rings is 2. The molecule has 0 saturated carbocycles. The van der Waals surface area contributed by atoms with Crippen molar-refractivity contribution in [3.63, 3.8) is 0 Å². The number of hydrogen-bond acceptors (Lipinski definition) is 6. The van der Waals surface area contributed by atoms with Gasteiger partial charge in [-0.15, -0.1) is 0 Å². The molecule has 0 unspecified atom stereocenters. The molecule has 0 bridgehead atoms. The number of esters is 1. The van der Waals surface area contributed by atoms with Crippen LogP contribution in [0.3, 0.4) is 0 Å². The Morgan fingerprint density at radius 2 is 1.74 bits per heavy atom. The quantitative estimate of drug-likeness (QED) is 0.390. The van der Waals surface area contributed by atoms with Crippen LogP contribution in [0.15, 0.2) is 58.4 Å². The van der Waals surface area contributed by atoms with Gasteiger partial charge in [0, 0.05) is 29.8 Å². The van der Waals surface area contributed by atoms with E-state index in [4.69, 9.17) is 23.2 Å². The topological polar surface area (TPSA) is 96.3 Å². The number of ether oxygens (including phenoxy) is 1. The van der Waals surface area contributed by atoms with Crippen molar-refractivity contribution in [2.45, 2.75) is 13.8 Å². The minimum Gasteiger partial charge on any atom is -0.466 e. The van der Waals surface area contributed by atoms with Gasteiger partial charge in [-0.1, -0.05) is 23.2 Å². The van der Waals surface area contributed by atoms with Gasteiger partial charge in [0.15, 0.2) is 5.17 Å². The molecule has 0 spiro atoms. The summed E-state index contributed by atoms with van der Waals surface area (Å²) in [4.78, 5) is 57.4. The summed E-state index contributed by atoms with van der Waals surface area (Å²) in [5.41, 5.74) is 0.910. The number of amidine groups is 1. The molecule has 35 heavy (non-hydrogen) atoms. The highest BCUT2D eigenvalue weighted by Crippen LogP contribution is 2.35. The number of aliphatic imine (C=N–C) groups is 1. The van der Waals surface area contributed by atoms with Gasteiger partial charge in [0.25, 0.3) is 17.7 Å². The van der Waals surface area contributed by atoms with E-state index < -0.39 is 17.8 Å². The van der Waals surface area contributed by atoms with Crippen molar-refractivity contribution in [2.24, 2.45) is 4.99 Å². The fourth-order valence-electron chi connectivity index (χ4n) is 3.20. The summed E-state index contributed by atoms with van der Waals surface area (Å²) in [6, 6.07) is 10.7. The molecule has 2 aromatic rings. The van der Waals surface area contributed by atoms with E-state index in [-0.39, 0.29) is 26.6 Å². The van der Waals surface area contributed by atoms with Crippen molar-refractivity contribution in [2.75, 3.05) is 25.1 Å². The molecule has 8 nitrogen and oxygen atoms in total. The summed E-state index contributed by atoms with van der Waals surface area (Å²) in [7, 11) is 1.19. The first-order valence-electron chi connectivity index (χ1n) is 10.5. The van der Waals surface area contributed by atoms with Crippen LogP contribution in [0.4, 0.5) is 5.69 Å². The van der Waals surface area contributed by atoms with Crippen molar-refractivity contribution in [3.05, 3.63) is 74.6 Å². The molecule has 1 saturated heterocycles. The Kier molecular flexibility index (Phi) is 8.71. The lowest BCUT2D eigenvalue weighted by Crippen LogP contribution is -2.31. The molecule has 1 heterocycles. The SMILES string of the molecule is CCN(CC)C(=O)c1ccc(N2C(=O)C(=CC(=O)OC)SC2=NC(=O)c2ccc(Cl)cc2Cl)cc1. The molecule has 0 radical (unpaired) electrons. The molecular weight excluding hydrogens is 513 g/mol. The highest BCUT2D eigenvalue weighted by atomic mass is 35.5. The lowest BCUT2D eigenvalue weighted by Gasteiger charge is -2.20.